The van der Waals surface area contributed by atoms with Crippen molar-refractivity contribution in [1.29, 1.82) is 0 Å². The Kier molecular flexibility index (Phi) is 3.95. The lowest BCUT2D eigenvalue weighted by Gasteiger charge is -2.22. The summed E-state index contributed by atoms with van der Waals surface area (Å²) in [6, 6.07) is 5.42. The molecular formula is C17H20N6O2. The summed E-state index contributed by atoms with van der Waals surface area (Å²) < 4.78 is 7.03. The van der Waals surface area contributed by atoms with Gasteiger partial charge in [0.25, 0.3) is 5.91 Å². The quantitative estimate of drug-likeness (QED) is 0.724. The minimum Gasteiger partial charge on any atom is -0.339 e. The molecule has 8 nitrogen and oxygen atoms in total. The summed E-state index contributed by atoms with van der Waals surface area (Å²) in [5.41, 5.74) is 2.28. The lowest BCUT2D eigenvalue weighted by atomic mass is 10.1. The molecule has 2 aromatic heterocycles. The van der Waals surface area contributed by atoms with Crippen molar-refractivity contribution in [3.63, 3.8) is 0 Å². The second-order valence-electron chi connectivity index (χ2n) is 6.17. The zero-order chi connectivity index (χ0) is 17.4. The highest BCUT2D eigenvalue weighted by Crippen LogP contribution is 2.32. The Bertz CT molecular complexity index is 915. The normalized spacial score (nSPS) is 17.5. The van der Waals surface area contributed by atoms with Crippen molar-refractivity contribution >= 4 is 16.9 Å². The smallest absolute Gasteiger partial charge is 0.254 e. The maximum absolute atomic E-state index is 13.0. The van der Waals surface area contributed by atoms with Gasteiger partial charge < -0.3 is 9.42 Å². The van der Waals surface area contributed by atoms with Crippen molar-refractivity contribution in [2.75, 3.05) is 6.54 Å². The van der Waals surface area contributed by atoms with Gasteiger partial charge in [-0.25, -0.2) is 4.68 Å². The van der Waals surface area contributed by atoms with Gasteiger partial charge in [0.1, 0.15) is 5.52 Å². The molecule has 0 bridgehead atoms. The second kappa shape index (κ2) is 6.27. The van der Waals surface area contributed by atoms with Gasteiger partial charge in [-0.2, -0.15) is 4.98 Å². The van der Waals surface area contributed by atoms with Gasteiger partial charge >= 0.3 is 0 Å². The SMILES string of the molecule is CCc1nc([C@H]2CCCN2C(=O)c2ccc3c(c2)nnn3CC)no1. The minimum atomic E-state index is -0.126. The molecule has 1 aromatic carbocycles. The fourth-order valence-corrected chi connectivity index (χ4v) is 3.33. The molecule has 3 aromatic rings. The third-order valence-corrected chi connectivity index (χ3v) is 4.66. The highest BCUT2D eigenvalue weighted by Gasteiger charge is 2.34. The minimum absolute atomic E-state index is 0.0294. The van der Waals surface area contributed by atoms with Crippen molar-refractivity contribution in [2.45, 2.75) is 45.7 Å². The molecule has 0 aliphatic carbocycles. The number of aryl methyl sites for hydroxylation is 2. The number of carbonyl (C=O) groups excluding carboxylic acids is 1. The molecular weight excluding hydrogens is 320 g/mol. The van der Waals surface area contributed by atoms with Crippen LogP contribution in [0.15, 0.2) is 22.7 Å². The Morgan fingerprint density at radius 3 is 3.00 bits per heavy atom. The molecule has 130 valence electrons. The maximum atomic E-state index is 13.0. The highest BCUT2D eigenvalue weighted by molar-refractivity contribution is 5.97. The number of nitrogens with zero attached hydrogens (tertiary/aromatic N) is 6. The van der Waals surface area contributed by atoms with Crippen molar-refractivity contribution in [2.24, 2.45) is 0 Å². The number of rotatable bonds is 4. The van der Waals surface area contributed by atoms with Crippen LogP contribution in [0.3, 0.4) is 0 Å². The van der Waals surface area contributed by atoms with Gasteiger partial charge in [-0.1, -0.05) is 17.3 Å². The van der Waals surface area contributed by atoms with Crippen LogP contribution in [-0.2, 0) is 13.0 Å². The molecule has 1 atom stereocenters. The van der Waals surface area contributed by atoms with Gasteiger partial charge in [-0.15, -0.1) is 5.10 Å². The fraction of sp³-hybridized carbons (Fsp3) is 0.471. The molecule has 1 amide bonds. The average Bonchev–Trinajstić information content (AvgIpc) is 3.38. The van der Waals surface area contributed by atoms with E-state index in [-0.39, 0.29) is 11.9 Å². The number of fused-ring (bicyclic) bond motifs is 1. The molecule has 0 saturated carbocycles. The van der Waals surface area contributed by atoms with Gasteiger partial charge in [-0.3, -0.25) is 4.79 Å². The molecule has 1 aliphatic heterocycles. The molecule has 1 saturated heterocycles. The van der Waals surface area contributed by atoms with E-state index in [1.54, 1.807) is 6.07 Å². The first-order valence-electron chi connectivity index (χ1n) is 8.68. The molecule has 1 aliphatic rings. The van der Waals surface area contributed by atoms with Crippen molar-refractivity contribution in [3.05, 3.63) is 35.5 Å². The maximum Gasteiger partial charge on any atom is 0.254 e. The number of benzene rings is 1. The van der Waals surface area contributed by atoms with Crippen LogP contribution in [0.5, 0.6) is 0 Å². The van der Waals surface area contributed by atoms with Crippen molar-refractivity contribution in [3.8, 4) is 0 Å². The summed E-state index contributed by atoms with van der Waals surface area (Å²) in [4.78, 5) is 19.2. The average molecular weight is 340 g/mol. The van der Waals surface area contributed by atoms with E-state index in [0.29, 0.717) is 30.2 Å². The van der Waals surface area contributed by atoms with Gasteiger partial charge in [-0.05, 0) is 38.0 Å². The molecule has 3 heterocycles. The Morgan fingerprint density at radius 1 is 1.36 bits per heavy atom. The molecule has 1 fully saturated rings. The number of hydrogen-bond acceptors (Lipinski definition) is 6. The number of hydrogen-bond donors (Lipinski definition) is 0. The Morgan fingerprint density at radius 2 is 2.24 bits per heavy atom. The van der Waals surface area contributed by atoms with Crippen LogP contribution >= 0.6 is 0 Å². The Hall–Kier alpha value is -2.77. The van der Waals surface area contributed by atoms with E-state index in [2.05, 4.69) is 20.5 Å². The number of aromatic nitrogens is 5. The summed E-state index contributed by atoms with van der Waals surface area (Å²) in [6.45, 7) is 5.42. The first-order chi connectivity index (χ1) is 12.2. The number of likely N-dealkylation sites (tertiary alicyclic amines) is 1. The first-order valence-corrected chi connectivity index (χ1v) is 8.68. The lowest BCUT2D eigenvalue weighted by molar-refractivity contribution is 0.0728. The predicted molar refractivity (Wildman–Crippen MR) is 89.9 cm³/mol. The van der Waals surface area contributed by atoms with Crippen LogP contribution in [0.2, 0.25) is 0 Å². The van der Waals surface area contributed by atoms with Crippen LogP contribution in [-0.4, -0.2) is 42.5 Å². The van der Waals surface area contributed by atoms with Gasteiger partial charge in [0.2, 0.25) is 5.89 Å². The van der Waals surface area contributed by atoms with Crippen molar-refractivity contribution < 1.29 is 9.32 Å². The van der Waals surface area contributed by atoms with Gasteiger partial charge in [0.05, 0.1) is 11.6 Å². The summed E-state index contributed by atoms with van der Waals surface area (Å²) in [7, 11) is 0. The molecule has 8 heteroatoms. The third kappa shape index (κ3) is 2.67. The van der Waals surface area contributed by atoms with E-state index >= 15 is 0 Å². The fourth-order valence-electron chi connectivity index (χ4n) is 3.33. The van der Waals surface area contributed by atoms with Gasteiger partial charge in [0, 0.05) is 25.1 Å². The topological polar surface area (TPSA) is 89.9 Å². The molecule has 4 rings (SSSR count). The second-order valence-corrected chi connectivity index (χ2v) is 6.17. The predicted octanol–water partition coefficient (Wildman–Crippen LogP) is 2.37. The Labute approximate surface area is 144 Å². The van der Waals surface area contributed by atoms with Crippen LogP contribution < -0.4 is 0 Å². The van der Waals surface area contributed by atoms with E-state index in [0.717, 1.165) is 30.4 Å². The zero-order valence-electron chi connectivity index (χ0n) is 14.3. The van der Waals surface area contributed by atoms with Crippen molar-refractivity contribution in [1.82, 2.24) is 30.0 Å². The molecule has 0 unspecified atom stereocenters. The summed E-state index contributed by atoms with van der Waals surface area (Å²) in [6.07, 6.45) is 2.47. The monoisotopic (exact) mass is 340 g/mol. The zero-order valence-corrected chi connectivity index (χ0v) is 14.3. The van der Waals surface area contributed by atoms with E-state index in [1.165, 1.54) is 0 Å². The van der Waals surface area contributed by atoms with E-state index in [1.807, 2.05) is 35.6 Å². The molecule has 0 N–H and O–H groups in total. The van der Waals surface area contributed by atoms with E-state index in [9.17, 15) is 4.79 Å². The van der Waals surface area contributed by atoms with Gasteiger partial charge in [0.15, 0.2) is 5.82 Å². The van der Waals surface area contributed by atoms with E-state index < -0.39 is 0 Å². The summed E-state index contributed by atoms with van der Waals surface area (Å²) >= 11 is 0. The Balaban J connectivity index is 1.62. The van der Waals surface area contributed by atoms with Crippen LogP contribution in [0.25, 0.3) is 11.0 Å². The summed E-state index contributed by atoms with van der Waals surface area (Å²) in [5.74, 6) is 1.17. The van der Waals surface area contributed by atoms with Crippen LogP contribution in [0.1, 0.15) is 54.8 Å². The van der Waals surface area contributed by atoms with Crippen LogP contribution in [0.4, 0.5) is 0 Å². The number of amides is 1. The lowest BCUT2D eigenvalue weighted by Crippen LogP contribution is -2.31. The third-order valence-electron chi connectivity index (χ3n) is 4.66. The summed E-state index contributed by atoms with van der Waals surface area (Å²) in [5, 5.41) is 12.3. The highest BCUT2D eigenvalue weighted by atomic mass is 16.5. The molecule has 0 spiro atoms. The molecule has 0 radical (unpaired) electrons. The van der Waals surface area contributed by atoms with E-state index in [4.69, 9.17) is 4.52 Å². The molecule has 25 heavy (non-hydrogen) atoms. The standard InChI is InChI=1S/C17H20N6O2/c1-3-15-18-16(20-25-15)14-6-5-9-22(14)17(24)11-7-8-13-12(10-11)19-21-23(13)4-2/h7-8,10,14H,3-6,9H2,1-2H3/t14-/m1/s1. The number of carbonyl (C=O) groups is 1. The van der Waals surface area contributed by atoms with Crippen LogP contribution in [0, 0.1) is 0 Å². The first kappa shape index (κ1) is 15.7. The largest absolute Gasteiger partial charge is 0.339 e.